The van der Waals surface area contributed by atoms with Gasteiger partial charge in [-0.1, -0.05) is 37.3 Å². The largest absolute Gasteiger partial charge is 0.465 e. The minimum Gasteiger partial charge on any atom is -0.465 e. The molecule has 0 spiro atoms. The van der Waals surface area contributed by atoms with Crippen LogP contribution < -0.4 is 5.43 Å². The molecule has 0 aliphatic carbocycles. The van der Waals surface area contributed by atoms with Gasteiger partial charge in [0.05, 0.1) is 18.9 Å². The number of benzene rings is 1. The van der Waals surface area contributed by atoms with Gasteiger partial charge in [-0.05, 0) is 25.8 Å². The first-order valence-electron chi connectivity index (χ1n) is 7.12. The van der Waals surface area contributed by atoms with Crippen LogP contribution in [0, 0.1) is 5.92 Å². The van der Waals surface area contributed by atoms with Crippen LogP contribution >= 0.6 is 0 Å². The maximum Gasteiger partial charge on any atom is 0.314 e. The van der Waals surface area contributed by atoms with E-state index in [1.165, 1.54) is 0 Å². The lowest BCUT2D eigenvalue weighted by Crippen LogP contribution is -2.28. The van der Waals surface area contributed by atoms with Crippen LogP contribution in [0.2, 0.25) is 0 Å². The summed E-state index contributed by atoms with van der Waals surface area (Å²) in [4.78, 5) is 23.5. The van der Waals surface area contributed by atoms with Gasteiger partial charge in [0.1, 0.15) is 0 Å². The predicted molar refractivity (Wildman–Crippen MR) is 81.8 cm³/mol. The van der Waals surface area contributed by atoms with Crippen molar-refractivity contribution in [2.45, 2.75) is 33.6 Å². The molecule has 0 heterocycles. The van der Waals surface area contributed by atoms with E-state index in [1.54, 1.807) is 13.8 Å². The Balaban J connectivity index is 2.57. The summed E-state index contributed by atoms with van der Waals surface area (Å²) in [5, 5.41) is 4.01. The van der Waals surface area contributed by atoms with Crippen LogP contribution in [0.3, 0.4) is 0 Å². The molecular formula is C16H22N2O3. The molecule has 1 rings (SSSR count). The van der Waals surface area contributed by atoms with Crippen molar-refractivity contribution in [3.05, 3.63) is 35.9 Å². The molecule has 1 N–H and O–H groups in total. The number of esters is 1. The molecule has 1 aromatic carbocycles. The van der Waals surface area contributed by atoms with Crippen molar-refractivity contribution in [2.75, 3.05) is 6.61 Å². The standard InChI is InChI=1S/C16H22N2O3/c1-4-14(16(20)21-5-2)12(3)17-18-15(19)11-13-9-7-6-8-10-13/h6-10,14H,4-5,11H2,1-3H3,(H,18,19)/b17-12+. The number of amides is 1. The monoisotopic (exact) mass is 290 g/mol. The maximum atomic E-state index is 11.8. The Kier molecular flexibility index (Phi) is 7.15. The van der Waals surface area contributed by atoms with Crippen molar-refractivity contribution in [3.8, 4) is 0 Å². The highest BCUT2D eigenvalue weighted by Crippen LogP contribution is 2.08. The van der Waals surface area contributed by atoms with Gasteiger partial charge in [-0.15, -0.1) is 0 Å². The summed E-state index contributed by atoms with van der Waals surface area (Å²) < 4.78 is 4.99. The van der Waals surface area contributed by atoms with E-state index < -0.39 is 5.92 Å². The zero-order valence-electron chi connectivity index (χ0n) is 12.8. The molecule has 5 heteroatoms. The van der Waals surface area contributed by atoms with Crippen molar-refractivity contribution in [1.29, 1.82) is 0 Å². The highest BCUT2D eigenvalue weighted by atomic mass is 16.5. The summed E-state index contributed by atoms with van der Waals surface area (Å²) in [7, 11) is 0. The van der Waals surface area contributed by atoms with Gasteiger partial charge in [0, 0.05) is 5.71 Å². The lowest BCUT2D eigenvalue weighted by Gasteiger charge is -2.13. The first-order valence-corrected chi connectivity index (χ1v) is 7.12. The van der Waals surface area contributed by atoms with E-state index >= 15 is 0 Å². The molecule has 0 saturated carbocycles. The fourth-order valence-electron chi connectivity index (χ4n) is 1.92. The van der Waals surface area contributed by atoms with Crippen LogP contribution in [-0.2, 0) is 20.7 Å². The van der Waals surface area contributed by atoms with Crippen molar-refractivity contribution in [2.24, 2.45) is 11.0 Å². The van der Waals surface area contributed by atoms with E-state index in [0.29, 0.717) is 18.7 Å². The Hall–Kier alpha value is -2.17. The van der Waals surface area contributed by atoms with Crippen molar-refractivity contribution in [1.82, 2.24) is 5.43 Å². The Morgan fingerprint density at radius 1 is 1.24 bits per heavy atom. The highest BCUT2D eigenvalue weighted by molar-refractivity contribution is 6.01. The first-order chi connectivity index (χ1) is 10.1. The lowest BCUT2D eigenvalue weighted by atomic mass is 10.0. The molecule has 1 amide bonds. The Morgan fingerprint density at radius 3 is 2.48 bits per heavy atom. The number of rotatable bonds is 7. The zero-order valence-corrected chi connectivity index (χ0v) is 12.8. The van der Waals surface area contributed by atoms with Crippen LogP contribution in [0.15, 0.2) is 35.4 Å². The molecule has 0 aliphatic rings. The molecule has 1 atom stereocenters. The number of hydrazone groups is 1. The summed E-state index contributed by atoms with van der Waals surface area (Å²) in [6, 6.07) is 9.41. The molecule has 0 aliphatic heterocycles. The SMILES string of the molecule is CCOC(=O)C(CC)/C(C)=N/NC(=O)Cc1ccccc1. The third-order valence-electron chi connectivity index (χ3n) is 3.05. The molecule has 0 aromatic heterocycles. The molecule has 0 fully saturated rings. The molecule has 1 unspecified atom stereocenters. The van der Waals surface area contributed by atoms with E-state index in [9.17, 15) is 9.59 Å². The lowest BCUT2D eigenvalue weighted by molar-refractivity contribution is -0.145. The predicted octanol–water partition coefficient (Wildman–Crippen LogP) is 2.31. The summed E-state index contributed by atoms with van der Waals surface area (Å²) >= 11 is 0. The zero-order chi connectivity index (χ0) is 15.7. The first kappa shape index (κ1) is 16.9. The summed E-state index contributed by atoms with van der Waals surface area (Å²) in [6.45, 7) is 5.70. The van der Waals surface area contributed by atoms with Gasteiger partial charge in [0.15, 0.2) is 0 Å². The number of carbonyl (C=O) groups is 2. The quantitative estimate of drug-likeness (QED) is 0.476. The normalized spacial score (nSPS) is 12.6. The van der Waals surface area contributed by atoms with Gasteiger partial charge in [-0.3, -0.25) is 9.59 Å². The number of hydrogen-bond acceptors (Lipinski definition) is 4. The number of nitrogens with one attached hydrogen (secondary N) is 1. The number of nitrogens with zero attached hydrogens (tertiary/aromatic N) is 1. The van der Waals surface area contributed by atoms with E-state index in [4.69, 9.17) is 4.74 Å². The number of hydrogen-bond donors (Lipinski definition) is 1. The van der Waals surface area contributed by atoms with E-state index in [-0.39, 0.29) is 18.3 Å². The maximum absolute atomic E-state index is 11.8. The third-order valence-corrected chi connectivity index (χ3v) is 3.05. The van der Waals surface area contributed by atoms with Gasteiger partial charge in [-0.25, -0.2) is 5.43 Å². The molecule has 0 saturated heterocycles. The number of ether oxygens (including phenoxy) is 1. The Labute approximate surface area is 125 Å². The van der Waals surface area contributed by atoms with Gasteiger partial charge < -0.3 is 4.74 Å². The Bertz CT molecular complexity index is 498. The second kappa shape index (κ2) is 8.89. The van der Waals surface area contributed by atoms with Gasteiger partial charge in [0.2, 0.25) is 5.91 Å². The highest BCUT2D eigenvalue weighted by Gasteiger charge is 2.21. The smallest absolute Gasteiger partial charge is 0.314 e. The van der Waals surface area contributed by atoms with Crippen molar-refractivity contribution >= 4 is 17.6 Å². The topological polar surface area (TPSA) is 67.8 Å². The Morgan fingerprint density at radius 2 is 1.90 bits per heavy atom. The fourth-order valence-corrected chi connectivity index (χ4v) is 1.92. The molecular weight excluding hydrogens is 268 g/mol. The third kappa shape index (κ3) is 5.77. The number of carbonyl (C=O) groups excluding carboxylic acids is 2. The van der Waals surface area contributed by atoms with Crippen LogP contribution in [0.1, 0.15) is 32.8 Å². The molecule has 21 heavy (non-hydrogen) atoms. The minimum absolute atomic E-state index is 0.209. The van der Waals surface area contributed by atoms with Crippen LogP contribution in [0.4, 0.5) is 0 Å². The molecule has 114 valence electrons. The van der Waals surface area contributed by atoms with E-state index in [2.05, 4.69) is 10.5 Å². The van der Waals surface area contributed by atoms with Crippen LogP contribution in [-0.4, -0.2) is 24.2 Å². The van der Waals surface area contributed by atoms with E-state index in [0.717, 1.165) is 5.56 Å². The van der Waals surface area contributed by atoms with Crippen molar-refractivity contribution < 1.29 is 14.3 Å². The average molecular weight is 290 g/mol. The van der Waals surface area contributed by atoms with Crippen LogP contribution in [0.5, 0.6) is 0 Å². The second-order valence-electron chi connectivity index (χ2n) is 4.66. The fraction of sp³-hybridized carbons (Fsp3) is 0.438. The second-order valence-corrected chi connectivity index (χ2v) is 4.66. The van der Waals surface area contributed by atoms with Gasteiger partial charge >= 0.3 is 5.97 Å². The summed E-state index contributed by atoms with van der Waals surface area (Å²) in [5.41, 5.74) is 3.95. The molecule has 1 aromatic rings. The molecule has 5 nitrogen and oxygen atoms in total. The van der Waals surface area contributed by atoms with E-state index in [1.807, 2.05) is 37.3 Å². The summed E-state index contributed by atoms with van der Waals surface area (Å²) in [5.74, 6) is -0.931. The van der Waals surface area contributed by atoms with Gasteiger partial charge in [0.25, 0.3) is 0 Å². The summed E-state index contributed by atoms with van der Waals surface area (Å²) in [6.07, 6.45) is 0.844. The van der Waals surface area contributed by atoms with Crippen LogP contribution in [0.25, 0.3) is 0 Å². The minimum atomic E-state index is -0.415. The average Bonchev–Trinajstić information content (AvgIpc) is 2.47. The van der Waals surface area contributed by atoms with Gasteiger partial charge in [-0.2, -0.15) is 5.10 Å². The van der Waals surface area contributed by atoms with Crippen molar-refractivity contribution in [3.63, 3.8) is 0 Å². The molecule has 0 bridgehead atoms. The molecule has 0 radical (unpaired) electrons.